The first-order valence-corrected chi connectivity index (χ1v) is 6.09. The number of hydrogen-bond acceptors (Lipinski definition) is 4. The average molecular weight is 273 g/mol. The van der Waals surface area contributed by atoms with Crippen LogP contribution in [0.2, 0.25) is 0 Å². The standard InChI is InChI=1S/C14H15N3O3/c15-16-14(19)12-3-1-2-4-13(12)20-10-9-17-7-5-11(18)6-8-17/h1-8H,9-10,15H2,(H,16,19). The molecule has 0 fully saturated rings. The molecule has 1 heterocycles. The van der Waals surface area contributed by atoms with Crippen molar-refractivity contribution in [2.24, 2.45) is 5.84 Å². The van der Waals surface area contributed by atoms with Gasteiger partial charge in [0.05, 0.1) is 12.1 Å². The Morgan fingerprint density at radius 1 is 1.20 bits per heavy atom. The summed E-state index contributed by atoms with van der Waals surface area (Å²) in [6.07, 6.45) is 3.37. The summed E-state index contributed by atoms with van der Waals surface area (Å²) in [5.74, 6) is 5.19. The molecule has 1 aromatic carbocycles. The molecule has 3 N–H and O–H groups in total. The molecular formula is C14H15N3O3. The maximum Gasteiger partial charge on any atom is 0.268 e. The molecule has 0 radical (unpaired) electrons. The Hall–Kier alpha value is -2.60. The number of hydrazine groups is 1. The molecule has 20 heavy (non-hydrogen) atoms. The number of hydrogen-bond donors (Lipinski definition) is 2. The number of aromatic nitrogens is 1. The number of pyridine rings is 1. The van der Waals surface area contributed by atoms with Gasteiger partial charge in [0.2, 0.25) is 0 Å². The Balaban J connectivity index is 1.99. The van der Waals surface area contributed by atoms with E-state index in [1.807, 2.05) is 4.57 Å². The van der Waals surface area contributed by atoms with Crippen molar-refractivity contribution in [3.8, 4) is 5.75 Å². The third-order valence-corrected chi connectivity index (χ3v) is 2.73. The van der Waals surface area contributed by atoms with Crippen LogP contribution >= 0.6 is 0 Å². The fraction of sp³-hybridized carbons (Fsp3) is 0.143. The van der Waals surface area contributed by atoms with E-state index in [1.54, 1.807) is 36.7 Å². The topological polar surface area (TPSA) is 86.3 Å². The maximum atomic E-state index is 11.5. The lowest BCUT2D eigenvalue weighted by Gasteiger charge is -2.11. The second-order valence-electron chi connectivity index (χ2n) is 4.09. The predicted molar refractivity (Wildman–Crippen MR) is 74.3 cm³/mol. The van der Waals surface area contributed by atoms with Gasteiger partial charge in [0.1, 0.15) is 12.4 Å². The van der Waals surface area contributed by atoms with E-state index in [0.717, 1.165) is 0 Å². The number of carbonyl (C=O) groups excluding carboxylic acids is 1. The molecule has 0 atom stereocenters. The molecule has 2 aromatic rings. The molecule has 1 aromatic heterocycles. The first kappa shape index (κ1) is 13.8. The van der Waals surface area contributed by atoms with E-state index in [1.165, 1.54) is 12.1 Å². The van der Waals surface area contributed by atoms with Crippen LogP contribution in [0, 0.1) is 0 Å². The Kier molecular flexibility index (Phi) is 4.52. The molecule has 0 aliphatic rings. The van der Waals surface area contributed by atoms with Gasteiger partial charge in [-0.05, 0) is 12.1 Å². The van der Waals surface area contributed by atoms with Gasteiger partial charge >= 0.3 is 0 Å². The van der Waals surface area contributed by atoms with Crippen molar-refractivity contribution >= 4 is 5.91 Å². The van der Waals surface area contributed by atoms with Gasteiger partial charge in [0.25, 0.3) is 5.91 Å². The van der Waals surface area contributed by atoms with E-state index in [2.05, 4.69) is 5.43 Å². The quantitative estimate of drug-likeness (QED) is 0.472. The van der Waals surface area contributed by atoms with Crippen LogP contribution < -0.4 is 21.4 Å². The number of rotatable bonds is 5. The fourth-order valence-corrected chi connectivity index (χ4v) is 1.71. The molecule has 6 nitrogen and oxygen atoms in total. The number of carbonyl (C=O) groups is 1. The van der Waals surface area contributed by atoms with Crippen molar-refractivity contribution in [1.29, 1.82) is 0 Å². The Labute approximate surface area is 115 Å². The van der Waals surface area contributed by atoms with Gasteiger partial charge in [0.15, 0.2) is 5.43 Å². The van der Waals surface area contributed by atoms with Crippen LogP contribution in [0.15, 0.2) is 53.6 Å². The highest BCUT2D eigenvalue weighted by molar-refractivity contribution is 5.96. The van der Waals surface area contributed by atoms with Crippen molar-refractivity contribution in [1.82, 2.24) is 9.99 Å². The lowest BCUT2D eigenvalue weighted by atomic mass is 10.2. The lowest BCUT2D eigenvalue weighted by Crippen LogP contribution is -2.30. The molecule has 0 saturated carbocycles. The largest absolute Gasteiger partial charge is 0.491 e. The Bertz CT molecular complexity index is 632. The average Bonchev–Trinajstić information content (AvgIpc) is 2.49. The number of ether oxygens (including phenoxy) is 1. The smallest absolute Gasteiger partial charge is 0.268 e. The van der Waals surface area contributed by atoms with E-state index in [9.17, 15) is 9.59 Å². The zero-order valence-corrected chi connectivity index (χ0v) is 10.8. The third-order valence-electron chi connectivity index (χ3n) is 2.73. The normalized spacial score (nSPS) is 10.1. The molecule has 0 aliphatic heterocycles. The van der Waals surface area contributed by atoms with Crippen LogP contribution in [-0.4, -0.2) is 17.1 Å². The molecule has 2 rings (SSSR count). The number of benzene rings is 1. The van der Waals surface area contributed by atoms with E-state index in [-0.39, 0.29) is 5.43 Å². The molecule has 0 saturated heterocycles. The van der Waals surface area contributed by atoms with E-state index in [0.29, 0.717) is 24.5 Å². The van der Waals surface area contributed by atoms with Crippen molar-refractivity contribution in [2.75, 3.05) is 6.61 Å². The molecule has 0 spiro atoms. The first-order valence-electron chi connectivity index (χ1n) is 6.09. The summed E-state index contributed by atoms with van der Waals surface area (Å²) in [6, 6.07) is 9.82. The van der Waals surface area contributed by atoms with Crippen LogP contribution in [-0.2, 0) is 6.54 Å². The van der Waals surface area contributed by atoms with E-state index < -0.39 is 5.91 Å². The summed E-state index contributed by atoms with van der Waals surface area (Å²) in [5.41, 5.74) is 2.43. The van der Waals surface area contributed by atoms with Gasteiger partial charge in [-0.3, -0.25) is 15.0 Å². The number of nitrogens with two attached hydrogens (primary N) is 1. The van der Waals surface area contributed by atoms with Crippen molar-refractivity contribution in [2.45, 2.75) is 6.54 Å². The highest BCUT2D eigenvalue weighted by atomic mass is 16.5. The summed E-state index contributed by atoms with van der Waals surface area (Å²) in [7, 11) is 0. The summed E-state index contributed by atoms with van der Waals surface area (Å²) >= 11 is 0. The first-order chi connectivity index (χ1) is 9.70. The third kappa shape index (κ3) is 3.46. The highest BCUT2D eigenvalue weighted by Gasteiger charge is 2.10. The Morgan fingerprint density at radius 3 is 2.60 bits per heavy atom. The highest BCUT2D eigenvalue weighted by Crippen LogP contribution is 2.17. The van der Waals surface area contributed by atoms with Crippen LogP contribution in [0.5, 0.6) is 5.75 Å². The molecule has 0 unspecified atom stereocenters. The predicted octanol–water partition coefficient (Wildman–Crippen LogP) is 0.531. The van der Waals surface area contributed by atoms with E-state index in [4.69, 9.17) is 10.6 Å². The summed E-state index contributed by atoms with van der Waals surface area (Å²) in [5, 5.41) is 0. The summed E-state index contributed by atoms with van der Waals surface area (Å²) in [4.78, 5) is 22.5. The minimum absolute atomic E-state index is 0.0351. The minimum atomic E-state index is -0.399. The van der Waals surface area contributed by atoms with Gasteiger partial charge in [-0.2, -0.15) is 0 Å². The molecule has 6 heteroatoms. The molecule has 0 aliphatic carbocycles. The number of nitrogens with one attached hydrogen (secondary N) is 1. The van der Waals surface area contributed by atoms with Crippen LogP contribution in [0.4, 0.5) is 0 Å². The van der Waals surface area contributed by atoms with Crippen LogP contribution in [0.3, 0.4) is 0 Å². The molecule has 104 valence electrons. The summed E-state index contributed by atoms with van der Waals surface area (Å²) < 4.78 is 7.41. The van der Waals surface area contributed by atoms with Crippen LogP contribution in [0.25, 0.3) is 0 Å². The zero-order valence-electron chi connectivity index (χ0n) is 10.8. The lowest BCUT2D eigenvalue weighted by molar-refractivity contribution is 0.0949. The SMILES string of the molecule is NNC(=O)c1ccccc1OCCn1ccc(=O)cc1. The summed E-state index contributed by atoms with van der Waals surface area (Å²) in [6.45, 7) is 0.941. The van der Waals surface area contributed by atoms with E-state index >= 15 is 0 Å². The molecular weight excluding hydrogens is 258 g/mol. The number of nitrogens with zero attached hydrogens (tertiary/aromatic N) is 1. The van der Waals surface area contributed by atoms with Gasteiger partial charge in [0, 0.05) is 24.5 Å². The number of para-hydroxylation sites is 1. The second-order valence-corrected chi connectivity index (χ2v) is 4.09. The second kappa shape index (κ2) is 6.53. The zero-order chi connectivity index (χ0) is 14.4. The molecule has 1 amide bonds. The van der Waals surface area contributed by atoms with Crippen molar-refractivity contribution < 1.29 is 9.53 Å². The van der Waals surface area contributed by atoms with Gasteiger partial charge in [-0.25, -0.2) is 5.84 Å². The minimum Gasteiger partial charge on any atom is -0.491 e. The Morgan fingerprint density at radius 2 is 1.90 bits per heavy atom. The van der Waals surface area contributed by atoms with Gasteiger partial charge in [-0.1, -0.05) is 12.1 Å². The monoisotopic (exact) mass is 273 g/mol. The van der Waals surface area contributed by atoms with Gasteiger partial charge < -0.3 is 9.30 Å². The number of amides is 1. The van der Waals surface area contributed by atoms with Gasteiger partial charge in [-0.15, -0.1) is 0 Å². The maximum absolute atomic E-state index is 11.5. The van der Waals surface area contributed by atoms with Crippen molar-refractivity contribution in [3.63, 3.8) is 0 Å². The van der Waals surface area contributed by atoms with Crippen LogP contribution in [0.1, 0.15) is 10.4 Å². The van der Waals surface area contributed by atoms with Crippen molar-refractivity contribution in [3.05, 3.63) is 64.6 Å². The fourth-order valence-electron chi connectivity index (χ4n) is 1.71. The molecule has 0 bridgehead atoms. The number of nitrogen functional groups attached to an aromatic ring is 1.